The van der Waals surface area contributed by atoms with Crippen LogP contribution in [0.3, 0.4) is 0 Å². The topological polar surface area (TPSA) is 158 Å². The maximum atomic E-state index is 6.20. The molecule has 1 aromatic heterocycles. The van der Waals surface area contributed by atoms with Crippen molar-refractivity contribution in [2.75, 3.05) is 129 Å². The monoisotopic (exact) mass is 1050 g/mol. The van der Waals surface area contributed by atoms with Gasteiger partial charge in [0, 0.05) is 45.5 Å². The second-order valence-electron chi connectivity index (χ2n) is 19.3. The van der Waals surface area contributed by atoms with Crippen LogP contribution in [-0.4, -0.2) is 128 Å². The van der Waals surface area contributed by atoms with Crippen molar-refractivity contribution in [2.24, 2.45) is 0 Å². The third-order valence-electron chi connectivity index (χ3n) is 12.7. The van der Waals surface area contributed by atoms with Gasteiger partial charge in [-0.05, 0) is 43.9 Å². The van der Waals surface area contributed by atoms with Gasteiger partial charge in [0.05, 0.1) is 72.7 Å². The van der Waals surface area contributed by atoms with Crippen molar-refractivity contribution >= 4 is 17.8 Å². The van der Waals surface area contributed by atoms with Gasteiger partial charge in [-0.25, -0.2) is 0 Å². The lowest BCUT2D eigenvalue weighted by Gasteiger charge is -2.14. The number of nitrogens with one attached hydrogen (secondary N) is 3. The number of benzene rings is 2. The first kappa shape index (κ1) is 65.3. The van der Waals surface area contributed by atoms with Crippen LogP contribution in [0.25, 0.3) is 0 Å². The predicted molar refractivity (Wildman–Crippen MR) is 306 cm³/mol. The molecule has 0 aliphatic carbocycles. The van der Waals surface area contributed by atoms with Crippen molar-refractivity contribution in [1.29, 1.82) is 0 Å². The average Bonchev–Trinajstić information content (AvgIpc) is 3.42. The fourth-order valence-corrected chi connectivity index (χ4v) is 8.31. The Morgan fingerprint density at radius 3 is 1.12 bits per heavy atom. The number of hydrogen-bond acceptors (Lipinski definition) is 15. The van der Waals surface area contributed by atoms with Gasteiger partial charge in [-0.3, -0.25) is 0 Å². The molecule has 0 radical (unpaired) electrons. The summed E-state index contributed by atoms with van der Waals surface area (Å²) in [5, 5.41) is 9.90. The van der Waals surface area contributed by atoms with Crippen LogP contribution < -0.4 is 30.2 Å². The van der Waals surface area contributed by atoms with Crippen molar-refractivity contribution in [3.63, 3.8) is 0 Å². The SMILES string of the molecule is CCCCCCCCCCCCCCCOCc1ccccc1OCCCNc1nc(NCCCOc2ccccc2OCCOCCOCCOCCOCCCCCCCCCCCC)nc(NCCOC)n1. The van der Waals surface area contributed by atoms with E-state index in [1.54, 1.807) is 7.11 Å². The minimum Gasteiger partial charge on any atom is -0.493 e. The number of rotatable bonds is 56. The van der Waals surface area contributed by atoms with E-state index < -0.39 is 0 Å². The number of methoxy groups -OCH3 is 1. The van der Waals surface area contributed by atoms with Gasteiger partial charge in [0.1, 0.15) is 12.4 Å². The molecule has 3 N–H and O–H groups in total. The zero-order chi connectivity index (χ0) is 53.0. The molecule has 428 valence electrons. The summed E-state index contributed by atoms with van der Waals surface area (Å²) in [4.78, 5) is 13.8. The highest BCUT2D eigenvalue weighted by atomic mass is 16.6. The highest BCUT2D eigenvalue weighted by Crippen LogP contribution is 2.27. The molecule has 0 aliphatic rings. The molecule has 0 amide bonds. The van der Waals surface area contributed by atoms with E-state index in [2.05, 4.69) is 50.8 Å². The highest BCUT2D eigenvalue weighted by Gasteiger charge is 2.09. The number of para-hydroxylation sites is 3. The van der Waals surface area contributed by atoms with E-state index >= 15 is 0 Å². The van der Waals surface area contributed by atoms with Crippen LogP contribution in [0.2, 0.25) is 0 Å². The van der Waals surface area contributed by atoms with Crippen molar-refractivity contribution in [1.82, 2.24) is 15.0 Å². The van der Waals surface area contributed by atoms with Gasteiger partial charge >= 0.3 is 0 Å². The average molecular weight is 1050 g/mol. The molecule has 0 atom stereocenters. The van der Waals surface area contributed by atoms with E-state index in [9.17, 15) is 0 Å². The molecular formula is C60H104N6O9. The molecule has 15 heteroatoms. The Hall–Kier alpha value is -3.99. The maximum Gasteiger partial charge on any atom is 0.229 e. The summed E-state index contributed by atoms with van der Waals surface area (Å²) in [6.45, 7) is 14.2. The smallest absolute Gasteiger partial charge is 0.229 e. The van der Waals surface area contributed by atoms with E-state index in [-0.39, 0.29) is 0 Å². The summed E-state index contributed by atoms with van der Waals surface area (Å²) < 4.78 is 52.3. The van der Waals surface area contributed by atoms with Crippen LogP contribution in [0, 0.1) is 0 Å². The summed E-state index contributed by atoms with van der Waals surface area (Å²) in [6.07, 6.45) is 32.3. The van der Waals surface area contributed by atoms with E-state index in [1.165, 1.54) is 135 Å². The highest BCUT2D eigenvalue weighted by molar-refractivity contribution is 5.42. The Morgan fingerprint density at radius 2 is 0.667 bits per heavy atom. The van der Waals surface area contributed by atoms with Gasteiger partial charge in [0.15, 0.2) is 11.5 Å². The number of anilines is 3. The third kappa shape index (κ3) is 37.4. The number of aromatic nitrogens is 3. The van der Waals surface area contributed by atoms with Crippen LogP contribution in [-0.2, 0) is 35.0 Å². The number of unbranched alkanes of at least 4 members (excludes halogenated alkanes) is 21. The van der Waals surface area contributed by atoms with Gasteiger partial charge in [-0.2, -0.15) is 15.0 Å². The maximum absolute atomic E-state index is 6.20. The Morgan fingerprint density at radius 1 is 0.320 bits per heavy atom. The van der Waals surface area contributed by atoms with Crippen LogP contribution >= 0.6 is 0 Å². The summed E-state index contributed by atoms with van der Waals surface area (Å²) in [5.74, 6) is 3.63. The number of ether oxygens (including phenoxy) is 9. The second-order valence-corrected chi connectivity index (χ2v) is 19.3. The first-order valence-electron chi connectivity index (χ1n) is 29.6. The second kappa shape index (κ2) is 49.6. The first-order valence-corrected chi connectivity index (χ1v) is 29.6. The Labute approximate surface area is 454 Å². The molecule has 0 saturated heterocycles. The molecule has 15 nitrogen and oxygen atoms in total. The van der Waals surface area contributed by atoms with Gasteiger partial charge in [0.2, 0.25) is 17.8 Å². The van der Waals surface area contributed by atoms with Gasteiger partial charge in [-0.1, -0.05) is 179 Å². The van der Waals surface area contributed by atoms with Crippen LogP contribution in [0.15, 0.2) is 48.5 Å². The standard InChI is InChI=1S/C60H104N6O9/c1-4-6-8-10-12-14-16-17-18-20-22-24-30-41-72-53-54-33-25-26-34-55(54)73-42-31-37-61-58-64-59(66-60(65-58)63-39-44-67-3)62-38-32-43-74-56-35-27-28-36-57(56)75-52-51-71-50-49-70-48-47-69-46-45-68-40-29-23-21-19-15-13-11-9-7-5-2/h25-28,33-36H,4-24,29-32,37-53H2,1-3H3,(H3,61,62,63,64,65,66). The Bertz CT molecular complexity index is 1710. The lowest BCUT2D eigenvalue weighted by molar-refractivity contribution is -0.00495. The molecule has 0 bridgehead atoms. The van der Waals surface area contributed by atoms with Crippen molar-refractivity contribution in [3.8, 4) is 17.2 Å². The minimum absolute atomic E-state index is 0.399. The molecule has 0 saturated carbocycles. The predicted octanol–water partition coefficient (Wildman–Crippen LogP) is 13.7. The summed E-state index contributed by atoms with van der Waals surface area (Å²) >= 11 is 0. The minimum atomic E-state index is 0.399. The molecule has 0 fully saturated rings. The summed E-state index contributed by atoms with van der Waals surface area (Å²) in [7, 11) is 1.67. The van der Waals surface area contributed by atoms with Gasteiger partial charge in [0.25, 0.3) is 0 Å². The molecule has 75 heavy (non-hydrogen) atoms. The molecule has 3 aromatic rings. The summed E-state index contributed by atoms with van der Waals surface area (Å²) in [5.41, 5.74) is 1.07. The fraction of sp³-hybridized carbons (Fsp3) is 0.750. The molecule has 3 rings (SSSR count). The van der Waals surface area contributed by atoms with Crippen molar-refractivity contribution in [3.05, 3.63) is 54.1 Å². The normalized spacial score (nSPS) is 11.3. The zero-order valence-electron chi connectivity index (χ0n) is 47.3. The molecule has 2 aromatic carbocycles. The molecular weight excluding hydrogens is 949 g/mol. The van der Waals surface area contributed by atoms with Crippen LogP contribution in [0.5, 0.6) is 17.2 Å². The van der Waals surface area contributed by atoms with E-state index in [4.69, 9.17) is 42.6 Å². The quantitative estimate of drug-likeness (QED) is 0.0458. The molecule has 0 unspecified atom stereocenters. The van der Waals surface area contributed by atoms with Crippen molar-refractivity contribution < 1.29 is 42.6 Å². The summed E-state index contributed by atoms with van der Waals surface area (Å²) in [6, 6.07) is 15.8. The molecule has 0 aliphatic heterocycles. The van der Waals surface area contributed by atoms with E-state index in [1.807, 2.05) is 42.5 Å². The lowest BCUT2D eigenvalue weighted by Crippen LogP contribution is -2.17. The van der Waals surface area contributed by atoms with Crippen LogP contribution in [0.1, 0.15) is 180 Å². The Balaban J connectivity index is 1.21. The van der Waals surface area contributed by atoms with Gasteiger partial charge in [-0.15, -0.1) is 0 Å². The zero-order valence-corrected chi connectivity index (χ0v) is 47.3. The lowest BCUT2D eigenvalue weighted by atomic mass is 10.0. The van der Waals surface area contributed by atoms with Gasteiger partial charge < -0.3 is 58.6 Å². The number of hydrogen-bond donors (Lipinski definition) is 3. The van der Waals surface area contributed by atoms with Crippen LogP contribution in [0.4, 0.5) is 17.8 Å². The first-order chi connectivity index (χ1) is 37.2. The molecule has 0 spiro atoms. The third-order valence-corrected chi connectivity index (χ3v) is 12.7. The van der Waals surface area contributed by atoms with E-state index in [0.717, 1.165) is 43.8 Å². The Kier molecular flexibility index (Phi) is 43.2. The van der Waals surface area contributed by atoms with E-state index in [0.29, 0.717) is 135 Å². The number of nitrogens with zero attached hydrogens (tertiary/aromatic N) is 3. The fourth-order valence-electron chi connectivity index (χ4n) is 8.31. The molecule has 1 heterocycles. The van der Waals surface area contributed by atoms with Crippen molar-refractivity contribution in [2.45, 2.75) is 181 Å². The largest absolute Gasteiger partial charge is 0.493 e.